The lowest BCUT2D eigenvalue weighted by molar-refractivity contribution is -0.120. The van der Waals surface area contributed by atoms with Gasteiger partial charge in [-0.2, -0.15) is 4.31 Å². The van der Waals surface area contributed by atoms with E-state index in [0.717, 1.165) is 12.0 Å². The summed E-state index contributed by atoms with van der Waals surface area (Å²) in [5.41, 5.74) is 1.34. The van der Waals surface area contributed by atoms with E-state index < -0.39 is 16.1 Å². The van der Waals surface area contributed by atoms with Crippen molar-refractivity contribution in [2.75, 3.05) is 18.4 Å². The van der Waals surface area contributed by atoms with E-state index in [2.05, 4.69) is 24.5 Å². The smallest absolute Gasteiger partial charge is 0.243 e. The molecule has 3 atom stereocenters. The van der Waals surface area contributed by atoms with Gasteiger partial charge in [-0.25, -0.2) is 8.42 Å². The lowest BCUT2D eigenvalue weighted by Gasteiger charge is -2.34. The molecule has 0 saturated carbocycles. The van der Waals surface area contributed by atoms with Crippen molar-refractivity contribution in [3.8, 4) is 0 Å². The Labute approximate surface area is 190 Å². The molecule has 172 valence electrons. The Morgan fingerprint density at radius 3 is 2.16 bits per heavy atom. The number of sulfonamides is 1. The van der Waals surface area contributed by atoms with Crippen LogP contribution in [0.25, 0.3) is 0 Å². The van der Waals surface area contributed by atoms with Gasteiger partial charge in [0.2, 0.25) is 21.8 Å². The Hall–Kier alpha value is -2.71. The average molecular weight is 458 g/mol. The molecule has 8 heteroatoms. The van der Waals surface area contributed by atoms with Crippen molar-refractivity contribution in [3.05, 3.63) is 60.2 Å². The van der Waals surface area contributed by atoms with Crippen LogP contribution in [0.3, 0.4) is 0 Å². The second-order valence-electron chi connectivity index (χ2n) is 8.71. The highest BCUT2D eigenvalue weighted by Gasteiger charge is 2.31. The number of anilines is 1. The van der Waals surface area contributed by atoms with Crippen molar-refractivity contribution in [1.82, 2.24) is 9.62 Å². The molecule has 3 rings (SSSR count). The summed E-state index contributed by atoms with van der Waals surface area (Å²) < 4.78 is 27.6. The fourth-order valence-electron chi connectivity index (χ4n) is 4.24. The van der Waals surface area contributed by atoms with Gasteiger partial charge in [0.1, 0.15) is 0 Å². The SMILES string of the molecule is CC(=O)N[C@H](CC(=O)Nc1ccc(S(=O)(=O)N2C[C@@H](C)C[C@H](C)C2)cc1)c1ccccc1. The molecular weight excluding hydrogens is 426 g/mol. The van der Waals surface area contributed by atoms with Crippen LogP contribution in [0.15, 0.2) is 59.5 Å². The van der Waals surface area contributed by atoms with E-state index in [0.29, 0.717) is 30.6 Å². The van der Waals surface area contributed by atoms with Gasteiger partial charge in [0.05, 0.1) is 17.4 Å². The van der Waals surface area contributed by atoms with E-state index >= 15 is 0 Å². The minimum absolute atomic E-state index is 0.0627. The molecule has 0 radical (unpaired) electrons. The van der Waals surface area contributed by atoms with Gasteiger partial charge in [0.25, 0.3) is 0 Å². The highest BCUT2D eigenvalue weighted by atomic mass is 32.2. The molecular formula is C24H31N3O4S. The zero-order valence-corrected chi connectivity index (χ0v) is 19.6. The zero-order chi connectivity index (χ0) is 23.3. The molecule has 1 fully saturated rings. The molecule has 1 aliphatic rings. The molecule has 1 heterocycles. The number of amides is 2. The number of rotatable bonds is 7. The van der Waals surface area contributed by atoms with E-state index in [1.165, 1.54) is 19.1 Å². The molecule has 0 spiro atoms. The maximum Gasteiger partial charge on any atom is 0.243 e. The first-order valence-corrected chi connectivity index (χ1v) is 12.3. The maximum absolute atomic E-state index is 13.0. The standard InChI is InChI=1S/C24H31N3O4S/c1-17-13-18(2)16-27(15-17)32(30,31)22-11-9-21(10-12-22)26-24(29)14-23(25-19(3)28)20-7-5-4-6-8-20/h4-12,17-18,23H,13-16H2,1-3H3,(H,25,28)(H,26,29)/t17-,18-,23+/m0/s1. The van der Waals surface area contributed by atoms with Crippen LogP contribution in [0.1, 0.15) is 45.2 Å². The van der Waals surface area contributed by atoms with Crippen LogP contribution in [-0.4, -0.2) is 37.6 Å². The second kappa shape index (κ2) is 10.3. The fraction of sp³-hybridized carbons (Fsp3) is 0.417. The molecule has 0 aromatic heterocycles. The van der Waals surface area contributed by atoms with E-state index in [4.69, 9.17) is 0 Å². The van der Waals surface area contributed by atoms with E-state index in [-0.39, 0.29) is 23.1 Å². The number of hydrogen-bond donors (Lipinski definition) is 2. The summed E-state index contributed by atoms with van der Waals surface area (Å²) in [5.74, 6) is 0.158. The number of benzene rings is 2. The zero-order valence-electron chi connectivity index (χ0n) is 18.7. The van der Waals surface area contributed by atoms with Gasteiger partial charge in [-0.15, -0.1) is 0 Å². The third-order valence-corrected chi connectivity index (χ3v) is 7.43. The van der Waals surface area contributed by atoms with Gasteiger partial charge in [-0.1, -0.05) is 44.2 Å². The number of nitrogens with one attached hydrogen (secondary N) is 2. The summed E-state index contributed by atoms with van der Waals surface area (Å²) in [7, 11) is -3.57. The quantitative estimate of drug-likeness (QED) is 0.665. The van der Waals surface area contributed by atoms with Crippen LogP contribution in [0.5, 0.6) is 0 Å². The van der Waals surface area contributed by atoms with Crippen LogP contribution in [0, 0.1) is 11.8 Å². The monoisotopic (exact) mass is 457 g/mol. The summed E-state index contributed by atoms with van der Waals surface area (Å²) in [6, 6.07) is 15.1. The third kappa shape index (κ3) is 6.17. The van der Waals surface area contributed by atoms with Gasteiger partial charge in [0, 0.05) is 25.7 Å². The summed E-state index contributed by atoms with van der Waals surface area (Å²) >= 11 is 0. The van der Waals surface area contributed by atoms with E-state index in [1.54, 1.807) is 16.4 Å². The number of piperidine rings is 1. The Bertz CT molecular complexity index is 1030. The minimum atomic E-state index is -3.57. The number of carbonyl (C=O) groups is 2. The predicted molar refractivity (Wildman–Crippen MR) is 124 cm³/mol. The van der Waals surface area contributed by atoms with Crippen LogP contribution >= 0.6 is 0 Å². The van der Waals surface area contributed by atoms with Gasteiger partial charge in [-0.05, 0) is 48.1 Å². The molecule has 0 aliphatic carbocycles. The number of hydrogen-bond acceptors (Lipinski definition) is 4. The van der Waals surface area contributed by atoms with Gasteiger partial charge in [-0.3, -0.25) is 9.59 Å². The summed E-state index contributed by atoms with van der Waals surface area (Å²) in [4.78, 5) is 24.4. The van der Waals surface area contributed by atoms with Gasteiger partial charge in [0.15, 0.2) is 0 Å². The first kappa shape index (κ1) is 23.9. The molecule has 32 heavy (non-hydrogen) atoms. The highest BCUT2D eigenvalue weighted by molar-refractivity contribution is 7.89. The molecule has 1 saturated heterocycles. The Kier molecular flexibility index (Phi) is 7.69. The topological polar surface area (TPSA) is 95.6 Å². The normalized spacial score (nSPS) is 20.3. The second-order valence-corrected chi connectivity index (χ2v) is 10.6. The van der Waals surface area contributed by atoms with Crippen molar-refractivity contribution < 1.29 is 18.0 Å². The largest absolute Gasteiger partial charge is 0.349 e. The van der Waals surface area contributed by atoms with Crippen LogP contribution in [0.2, 0.25) is 0 Å². The lowest BCUT2D eigenvalue weighted by Crippen LogP contribution is -2.42. The molecule has 1 aliphatic heterocycles. The number of nitrogens with zero attached hydrogens (tertiary/aromatic N) is 1. The van der Waals surface area contributed by atoms with Crippen molar-refractivity contribution in [2.45, 2.75) is 44.6 Å². The Balaban J connectivity index is 1.67. The first-order chi connectivity index (χ1) is 15.1. The Morgan fingerprint density at radius 2 is 1.59 bits per heavy atom. The molecule has 2 aromatic rings. The van der Waals surface area contributed by atoms with Crippen LogP contribution in [0.4, 0.5) is 5.69 Å². The number of carbonyl (C=O) groups excluding carboxylic acids is 2. The lowest BCUT2D eigenvalue weighted by atomic mass is 9.94. The summed E-state index contributed by atoms with van der Waals surface area (Å²) in [6.45, 7) is 6.60. The van der Waals surface area contributed by atoms with Gasteiger partial charge >= 0.3 is 0 Å². The van der Waals surface area contributed by atoms with Crippen LogP contribution < -0.4 is 10.6 Å². The molecule has 0 bridgehead atoms. The molecule has 0 unspecified atom stereocenters. The van der Waals surface area contributed by atoms with Gasteiger partial charge < -0.3 is 10.6 Å². The van der Waals surface area contributed by atoms with Crippen molar-refractivity contribution in [1.29, 1.82) is 0 Å². The summed E-state index contributed by atoms with van der Waals surface area (Å²) in [5, 5.41) is 5.59. The highest BCUT2D eigenvalue weighted by Crippen LogP contribution is 2.27. The molecule has 2 aromatic carbocycles. The van der Waals surface area contributed by atoms with Crippen molar-refractivity contribution in [3.63, 3.8) is 0 Å². The maximum atomic E-state index is 13.0. The first-order valence-electron chi connectivity index (χ1n) is 10.9. The molecule has 7 nitrogen and oxygen atoms in total. The fourth-order valence-corrected chi connectivity index (χ4v) is 5.92. The molecule has 2 N–H and O–H groups in total. The third-order valence-electron chi connectivity index (χ3n) is 5.58. The van der Waals surface area contributed by atoms with E-state index in [1.807, 2.05) is 30.3 Å². The molecule has 2 amide bonds. The predicted octanol–water partition coefficient (Wildman–Crippen LogP) is 3.56. The minimum Gasteiger partial charge on any atom is -0.349 e. The average Bonchev–Trinajstić information content (AvgIpc) is 2.73. The van der Waals surface area contributed by atoms with Crippen molar-refractivity contribution >= 4 is 27.5 Å². The van der Waals surface area contributed by atoms with Crippen LogP contribution in [-0.2, 0) is 19.6 Å². The summed E-state index contributed by atoms with van der Waals surface area (Å²) in [6.07, 6.45) is 1.09. The Morgan fingerprint density at radius 1 is 1.00 bits per heavy atom. The van der Waals surface area contributed by atoms with E-state index in [9.17, 15) is 18.0 Å². The van der Waals surface area contributed by atoms with Crippen molar-refractivity contribution in [2.24, 2.45) is 11.8 Å².